The largest absolute Gasteiger partial charge is 0.493 e. The quantitative estimate of drug-likeness (QED) is 0.273. The first-order valence-electron chi connectivity index (χ1n) is 11.7. The summed E-state index contributed by atoms with van der Waals surface area (Å²) in [5.74, 6) is 0.134. The first kappa shape index (κ1) is 26.2. The minimum atomic E-state index is -4.92. The molecule has 1 aliphatic carbocycles. The van der Waals surface area contributed by atoms with Crippen molar-refractivity contribution in [1.82, 2.24) is 4.98 Å². The third kappa shape index (κ3) is 5.42. The van der Waals surface area contributed by atoms with E-state index < -0.39 is 27.4 Å². The molecule has 1 aliphatic rings. The number of hydrogen-bond acceptors (Lipinski definition) is 8. The van der Waals surface area contributed by atoms with Crippen molar-refractivity contribution >= 4 is 32.9 Å². The number of carbonyl (C=O) groups is 1. The molecule has 1 aromatic heterocycles. The first-order chi connectivity index (χ1) is 18.6. The summed E-state index contributed by atoms with van der Waals surface area (Å²) in [6.07, 6.45) is 2.57. The second-order valence-corrected chi connectivity index (χ2v) is 9.87. The van der Waals surface area contributed by atoms with Crippen LogP contribution in [0.15, 0.2) is 66.9 Å². The molecule has 4 aromatic rings. The maximum atomic E-state index is 14.0. The molecular weight excluding hydrogens is 531 g/mol. The van der Waals surface area contributed by atoms with Crippen molar-refractivity contribution < 1.29 is 40.5 Å². The Morgan fingerprint density at radius 3 is 2.28 bits per heavy atom. The van der Waals surface area contributed by atoms with Gasteiger partial charge in [0.25, 0.3) is 0 Å². The fraction of sp³-hybridized carbons (Fsp3) is 0.185. The van der Waals surface area contributed by atoms with E-state index in [9.17, 15) is 17.6 Å². The van der Waals surface area contributed by atoms with Crippen molar-refractivity contribution in [1.29, 1.82) is 0 Å². The predicted molar refractivity (Wildman–Crippen MR) is 139 cm³/mol. The van der Waals surface area contributed by atoms with E-state index in [2.05, 4.69) is 14.5 Å². The molecule has 1 amide bonds. The van der Waals surface area contributed by atoms with Gasteiger partial charge in [0.2, 0.25) is 5.91 Å². The molecule has 0 spiro atoms. The number of nitrogens with one attached hydrogen (secondary N) is 1. The number of methoxy groups -OCH3 is 2. The molecule has 0 unspecified atom stereocenters. The van der Waals surface area contributed by atoms with E-state index in [4.69, 9.17) is 18.8 Å². The number of amides is 1. The standard InChI is InChI=1S/C27H23FN2O8S/c1-35-24-14-19-21(15-25(24)36-2)29-12-9-22(19)37-18-6-4-17(5-7-18)30-26(31)27(10-11-27)16-3-8-20(28)23(13-16)38-39(32,33)34/h3-9,12-15H,10-11H2,1-2H3,(H,30,31)(H,32,33,34). The van der Waals surface area contributed by atoms with Gasteiger partial charge in [-0.25, -0.2) is 4.39 Å². The van der Waals surface area contributed by atoms with Crippen LogP contribution in [0.2, 0.25) is 0 Å². The van der Waals surface area contributed by atoms with E-state index in [0.717, 1.165) is 17.5 Å². The van der Waals surface area contributed by atoms with Gasteiger partial charge in [-0.2, -0.15) is 8.42 Å². The number of pyridine rings is 1. The average Bonchev–Trinajstić information content (AvgIpc) is 3.72. The molecule has 5 rings (SSSR count). The summed E-state index contributed by atoms with van der Waals surface area (Å²) in [5, 5.41) is 3.56. The zero-order chi connectivity index (χ0) is 27.8. The minimum absolute atomic E-state index is 0.346. The van der Waals surface area contributed by atoms with Gasteiger partial charge in [0.15, 0.2) is 23.1 Å². The van der Waals surface area contributed by atoms with Crippen LogP contribution in [0.4, 0.5) is 10.1 Å². The molecule has 1 saturated carbocycles. The summed E-state index contributed by atoms with van der Waals surface area (Å²) < 4.78 is 66.0. The van der Waals surface area contributed by atoms with Crippen molar-refractivity contribution in [3.63, 3.8) is 0 Å². The Morgan fingerprint density at radius 1 is 0.949 bits per heavy atom. The summed E-state index contributed by atoms with van der Waals surface area (Å²) in [6, 6.07) is 15.5. The van der Waals surface area contributed by atoms with Crippen molar-refractivity contribution in [2.24, 2.45) is 0 Å². The summed E-state index contributed by atoms with van der Waals surface area (Å²) in [6.45, 7) is 0. The zero-order valence-electron chi connectivity index (χ0n) is 20.8. The summed E-state index contributed by atoms with van der Waals surface area (Å²) in [7, 11) is -1.83. The van der Waals surface area contributed by atoms with E-state index in [1.807, 2.05) is 0 Å². The van der Waals surface area contributed by atoms with Gasteiger partial charge < -0.3 is 23.7 Å². The Labute approximate surface area is 223 Å². The van der Waals surface area contributed by atoms with Crippen LogP contribution in [-0.4, -0.2) is 38.1 Å². The van der Waals surface area contributed by atoms with Gasteiger partial charge in [-0.3, -0.25) is 14.3 Å². The fourth-order valence-electron chi connectivity index (χ4n) is 4.27. The van der Waals surface area contributed by atoms with E-state index in [1.165, 1.54) is 6.07 Å². The van der Waals surface area contributed by atoms with E-state index in [-0.39, 0.29) is 5.91 Å². The van der Waals surface area contributed by atoms with Crippen molar-refractivity contribution in [3.05, 3.63) is 78.2 Å². The topological polar surface area (TPSA) is 133 Å². The van der Waals surface area contributed by atoms with Gasteiger partial charge in [0.1, 0.15) is 11.5 Å². The Kier molecular flexibility index (Phi) is 6.74. The third-order valence-corrected chi connectivity index (χ3v) is 6.80. The van der Waals surface area contributed by atoms with Crippen molar-refractivity contribution in [2.75, 3.05) is 19.5 Å². The zero-order valence-corrected chi connectivity index (χ0v) is 21.6. The molecule has 12 heteroatoms. The number of halogens is 1. The number of rotatable bonds is 9. The van der Waals surface area contributed by atoms with Gasteiger partial charge >= 0.3 is 10.4 Å². The van der Waals surface area contributed by atoms with Crippen molar-refractivity contribution in [3.8, 4) is 28.7 Å². The first-order valence-corrected chi connectivity index (χ1v) is 13.1. The SMILES string of the molecule is COc1cc2nccc(Oc3ccc(NC(=O)C4(c5ccc(F)c(OS(=O)(=O)O)c5)CC4)cc3)c2cc1OC. The molecule has 0 bridgehead atoms. The molecule has 1 heterocycles. The molecule has 0 radical (unpaired) electrons. The maximum Gasteiger partial charge on any atom is 0.446 e. The number of fused-ring (bicyclic) bond motifs is 1. The molecule has 3 aromatic carbocycles. The predicted octanol–water partition coefficient (Wildman–Crippen LogP) is 5.04. The van der Waals surface area contributed by atoms with Crippen LogP contribution in [0.1, 0.15) is 18.4 Å². The lowest BCUT2D eigenvalue weighted by atomic mass is 9.94. The summed E-state index contributed by atoms with van der Waals surface area (Å²) in [5.41, 5.74) is 0.559. The molecule has 1 fully saturated rings. The maximum absolute atomic E-state index is 14.0. The van der Waals surface area contributed by atoms with Crippen molar-refractivity contribution in [2.45, 2.75) is 18.3 Å². The highest BCUT2D eigenvalue weighted by atomic mass is 32.3. The van der Waals surface area contributed by atoms with Gasteiger partial charge in [-0.1, -0.05) is 6.07 Å². The second-order valence-electron chi connectivity index (χ2n) is 8.85. The number of carbonyl (C=O) groups excluding carboxylic acids is 1. The molecule has 39 heavy (non-hydrogen) atoms. The van der Waals surface area contributed by atoms with Crippen LogP contribution in [0.5, 0.6) is 28.7 Å². The third-order valence-electron chi connectivity index (χ3n) is 6.41. The van der Waals surface area contributed by atoms with Gasteiger partial charge in [0, 0.05) is 23.3 Å². The van der Waals surface area contributed by atoms with Crippen LogP contribution in [0, 0.1) is 5.82 Å². The van der Waals surface area contributed by atoms with Gasteiger partial charge in [-0.05, 0) is 66.9 Å². The van der Waals surface area contributed by atoms with E-state index in [1.54, 1.807) is 62.9 Å². The van der Waals surface area contributed by atoms with Gasteiger partial charge in [-0.15, -0.1) is 0 Å². The molecule has 0 aliphatic heterocycles. The number of ether oxygens (including phenoxy) is 3. The molecule has 202 valence electrons. The highest BCUT2D eigenvalue weighted by molar-refractivity contribution is 7.81. The van der Waals surface area contributed by atoms with Gasteiger partial charge in [0.05, 0.1) is 25.2 Å². The number of nitrogens with zero attached hydrogens (tertiary/aromatic N) is 1. The Balaban J connectivity index is 1.32. The summed E-state index contributed by atoms with van der Waals surface area (Å²) >= 11 is 0. The highest BCUT2D eigenvalue weighted by Crippen LogP contribution is 2.50. The molecule has 10 nitrogen and oxygen atoms in total. The number of benzene rings is 3. The van der Waals surface area contributed by atoms with Crippen LogP contribution < -0.4 is 23.7 Å². The summed E-state index contributed by atoms with van der Waals surface area (Å²) in [4.78, 5) is 17.5. The Morgan fingerprint density at radius 2 is 1.64 bits per heavy atom. The number of aromatic nitrogens is 1. The normalized spacial score (nSPS) is 13.9. The lowest BCUT2D eigenvalue weighted by Crippen LogP contribution is -2.28. The monoisotopic (exact) mass is 554 g/mol. The van der Waals surface area contributed by atoms with E-state index >= 15 is 0 Å². The molecular formula is C27H23FN2O8S. The Bertz CT molecular complexity index is 1670. The van der Waals surface area contributed by atoms with Crippen LogP contribution in [0.25, 0.3) is 10.9 Å². The number of hydrogen-bond donors (Lipinski definition) is 2. The molecule has 2 N–H and O–H groups in total. The Hall–Kier alpha value is -4.42. The average molecular weight is 555 g/mol. The second kappa shape index (κ2) is 10.0. The smallest absolute Gasteiger partial charge is 0.446 e. The lowest BCUT2D eigenvalue weighted by Gasteiger charge is -2.17. The van der Waals surface area contributed by atoms with E-state index in [0.29, 0.717) is 52.6 Å². The molecule has 0 atom stereocenters. The van der Waals surface area contributed by atoms with Crippen LogP contribution >= 0.6 is 0 Å². The highest BCUT2D eigenvalue weighted by Gasteiger charge is 2.51. The van der Waals surface area contributed by atoms with Crippen LogP contribution in [0.3, 0.4) is 0 Å². The fourth-order valence-corrected chi connectivity index (χ4v) is 4.63. The molecule has 0 saturated heterocycles. The lowest BCUT2D eigenvalue weighted by molar-refractivity contribution is -0.118. The minimum Gasteiger partial charge on any atom is -0.493 e. The number of anilines is 1. The van der Waals surface area contributed by atoms with Crippen LogP contribution in [-0.2, 0) is 20.6 Å².